The molecule has 0 aromatic heterocycles. The van der Waals surface area contributed by atoms with E-state index in [1.54, 1.807) is 19.2 Å². The predicted octanol–water partition coefficient (Wildman–Crippen LogP) is 2.37. The zero-order valence-electron chi connectivity index (χ0n) is 8.79. The Morgan fingerprint density at radius 1 is 1.31 bits per heavy atom. The molecule has 1 rings (SSSR count). The van der Waals surface area contributed by atoms with Crippen LogP contribution >= 0.6 is 0 Å². The van der Waals surface area contributed by atoms with Crippen LogP contribution in [0.5, 0.6) is 0 Å². The number of hydrogen-bond donors (Lipinski definition) is 1. The number of nitrogens with zero attached hydrogens (tertiary/aromatic N) is 2. The molecule has 4 nitrogen and oxygen atoms in total. The Bertz CT molecular complexity index is 399. The molecule has 1 N–H and O–H groups in total. The molecule has 0 aliphatic rings. The second kappa shape index (κ2) is 7.31. The van der Waals surface area contributed by atoms with Crippen LogP contribution < -0.4 is 0 Å². The Hall–Kier alpha value is -0.996. The van der Waals surface area contributed by atoms with Crippen LogP contribution in [0.3, 0.4) is 0 Å². The van der Waals surface area contributed by atoms with E-state index in [2.05, 4.69) is 5.32 Å². The van der Waals surface area contributed by atoms with Crippen molar-refractivity contribution in [2.75, 3.05) is 7.05 Å². The number of carbonyl (C=O) groups is 1. The molecule has 1 radical (unpaired) electrons. The van der Waals surface area contributed by atoms with Gasteiger partial charge in [0.1, 0.15) is 0 Å². The quantitative estimate of drug-likeness (QED) is 0.865. The summed E-state index contributed by atoms with van der Waals surface area (Å²) in [4.78, 5) is 10.6. The summed E-state index contributed by atoms with van der Waals surface area (Å²) in [5, 5.41) is 21.3. The minimum atomic E-state index is -0.964. The van der Waals surface area contributed by atoms with E-state index < -0.39 is 5.97 Å². The van der Waals surface area contributed by atoms with Gasteiger partial charge in [-0.15, -0.1) is 18.8 Å². The number of carboxylic acids is 1. The third-order valence-corrected chi connectivity index (χ3v) is 1.90. The molecule has 81 valence electrons. The molecule has 0 atom stereocenters. The van der Waals surface area contributed by atoms with Crippen molar-refractivity contribution in [2.24, 2.45) is 0 Å². The third kappa shape index (κ3) is 3.87. The fourth-order valence-corrected chi connectivity index (χ4v) is 1.15. The van der Waals surface area contributed by atoms with Crippen LogP contribution in [0.25, 0.3) is 16.4 Å². The number of benzene rings is 1. The standard InChI is InChI=1S/C11H11N2O2.Y/c1-13-10(6-7-12)8-2-4-9(5-3-8)11(14)15;/h2-7H,1H3,(H2-,12,13,14,15);/q-1;/p-1. The third-order valence-electron chi connectivity index (χ3n) is 1.90. The van der Waals surface area contributed by atoms with Gasteiger partial charge in [-0.05, 0) is 17.7 Å². The molecule has 0 aliphatic carbocycles. The maximum Gasteiger partial charge on any atom is 0.335 e. The van der Waals surface area contributed by atoms with Gasteiger partial charge in [0, 0.05) is 32.7 Å². The van der Waals surface area contributed by atoms with Crippen molar-refractivity contribution in [3.05, 3.63) is 52.2 Å². The summed E-state index contributed by atoms with van der Waals surface area (Å²) in [5.74, 6) is -0.964. The van der Waals surface area contributed by atoms with E-state index >= 15 is 0 Å². The van der Waals surface area contributed by atoms with Crippen molar-refractivity contribution < 1.29 is 42.6 Å². The molecule has 0 amide bonds. The van der Waals surface area contributed by atoms with Gasteiger partial charge in [-0.2, -0.15) is 6.21 Å². The van der Waals surface area contributed by atoms with Crippen LogP contribution in [0, 0.1) is 0 Å². The average molecular weight is 291 g/mol. The number of hydrogen-bond acceptors (Lipinski definition) is 1. The van der Waals surface area contributed by atoms with Crippen LogP contribution in [0.4, 0.5) is 0 Å². The molecule has 0 heterocycles. The van der Waals surface area contributed by atoms with Gasteiger partial charge in [-0.1, -0.05) is 12.1 Å². The molecule has 0 saturated carbocycles. The van der Waals surface area contributed by atoms with Crippen molar-refractivity contribution in [3.63, 3.8) is 0 Å². The zero-order chi connectivity index (χ0) is 11.3. The second-order valence-corrected chi connectivity index (χ2v) is 2.81. The summed E-state index contributed by atoms with van der Waals surface area (Å²) in [6.45, 7) is 0. The topological polar surface area (TPSA) is 73.7 Å². The summed E-state index contributed by atoms with van der Waals surface area (Å²) in [7, 11) is 1.60. The summed E-state index contributed by atoms with van der Waals surface area (Å²) >= 11 is 0. The van der Waals surface area contributed by atoms with E-state index in [0.29, 0.717) is 5.70 Å². The van der Waals surface area contributed by atoms with Crippen LogP contribution in [0.1, 0.15) is 15.9 Å². The normalized spacial score (nSPS) is 10.2. The Kier molecular flexibility index (Phi) is 6.85. The number of allylic oxidation sites excluding steroid dienone is 1. The molecule has 16 heavy (non-hydrogen) atoms. The van der Waals surface area contributed by atoms with Crippen molar-refractivity contribution in [1.29, 1.82) is 0 Å². The van der Waals surface area contributed by atoms with E-state index in [9.17, 15) is 4.79 Å². The molecule has 1 aromatic rings. The van der Waals surface area contributed by atoms with E-state index in [-0.39, 0.29) is 38.3 Å². The maximum absolute atomic E-state index is 10.6. The van der Waals surface area contributed by atoms with Gasteiger partial charge in [0.25, 0.3) is 0 Å². The first kappa shape index (κ1) is 15.0. The number of carboxylic acid groups (broad SMARTS) is 1. The van der Waals surface area contributed by atoms with Crippen molar-refractivity contribution in [2.45, 2.75) is 0 Å². The van der Waals surface area contributed by atoms with E-state index in [0.717, 1.165) is 11.8 Å². The number of rotatable bonds is 4. The summed E-state index contributed by atoms with van der Waals surface area (Å²) in [6, 6.07) is 6.28. The summed E-state index contributed by atoms with van der Waals surface area (Å²) in [6.07, 6.45) is 2.34. The second-order valence-electron chi connectivity index (χ2n) is 2.81. The monoisotopic (exact) mass is 291 g/mol. The van der Waals surface area contributed by atoms with Crippen molar-refractivity contribution in [1.82, 2.24) is 0 Å². The Balaban J connectivity index is 0.00000225. The van der Waals surface area contributed by atoms with Gasteiger partial charge in [-0.3, -0.25) is 0 Å². The fourth-order valence-electron chi connectivity index (χ4n) is 1.15. The molecule has 0 fully saturated rings. The molecule has 5 heteroatoms. The van der Waals surface area contributed by atoms with Gasteiger partial charge >= 0.3 is 5.97 Å². The summed E-state index contributed by atoms with van der Waals surface area (Å²) < 4.78 is 0. The zero-order valence-corrected chi connectivity index (χ0v) is 11.6. The van der Waals surface area contributed by atoms with E-state index in [1.165, 1.54) is 18.2 Å². The minimum absolute atomic E-state index is 0. The van der Waals surface area contributed by atoms with E-state index in [1.807, 2.05) is 0 Å². The van der Waals surface area contributed by atoms with Crippen LogP contribution in [-0.4, -0.2) is 24.3 Å². The Morgan fingerprint density at radius 3 is 2.19 bits per heavy atom. The summed E-state index contributed by atoms with van der Waals surface area (Å²) in [5.41, 5.74) is 1.57. The van der Waals surface area contributed by atoms with Crippen molar-refractivity contribution >= 4 is 17.9 Å². The van der Waals surface area contributed by atoms with Crippen LogP contribution in [0.15, 0.2) is 30.3 Å². The predicted molar refractivity (Wildman–Crippen MR) is 60.1 cm³/mol. The van der Waals surface area contributed by atoms with Crippen LogP contribution in [0.2, 0.25) is 0 Å². The largest absolute Gasteiger partial charge is 0.811 e. The Labute approximate surface area is 119 Å². The van der Waals surface area contributed by atoms with Gasteiger partial charge in [0.05, 0.1) is 5.56 Å². The molecule has 0 bridgehead atoms. The first-order valence-corrected chi connectivity index (χ1v) is 4.30. The molecule has 0 aliphatic heterocycles. The molecular weight excluding hydrogens is 281 g/mol. The molecule has 1 aromatic carbocycles. The van der Waals surface area contributed by atoms with Gasteiger partial charge in [0.2, 0.25) is 0 Å². The maximum atomic E-state index is 10.6. The minimum Gasteiger partial charge on any atom is -0.811 e. The first-order chi connectivity index (χ1) is 7.19. The smallest absolute Gasteiger partial charge is 0.335 e. The molecular formula is C11H10N2O2Y-2. The SMILES string of the molecule is C[N-]/C(=C\C=[N-])c1ccc(C(=O)O)cc1.[Y]. The average Bonchev–Trinajstić information content (AvgIpc) is 2.26. The Morgan fingerprint density at radius 2 is 1.81 bits per heavy atom. The number of aromatic carboxylic acids is 1. The van der Waals surface area contributed by atoms with Gasteiger partial charge in [-0.25, -0.2) is 4.79 Å². The van der Waals surface area contributed by atoms with E-state index in [4.69, 9.17) is 10.5 Å². The molecule has 0 saturated heterocycles. The van der Waals surface area contributed by atoms with Gasteiger partial charge in [0.15, 0.2) is 0 Å². The fraction of sp³-hybridized carbons (Fsp3) is 0.0909. The van der Waals surface area contributed by atoms with Crippen LogP contribution in [-0.2, 0) is 32.7 Å². The molecule has 0 spiro atoms. The van der Waals surface area contributed by atoms with Gasteiger partial charge < -0.3 is 15.8 Å². The first-order valence-electron chi connectivity index (χ1n) is 4.30. The van der Waals surface area contributed by atoms with Crippen molar-refractivity contribution in [3.8, 4) is 0 Å². The molecule has 0 unspecified atom stereocenters.